The Kier molecular flexibility index (Phi) is 5.46. The van der Waals surface area contributed by atoms with Crippen LogP contribution < -0.4 is 4.72 Å². The molecule has 0 amide bonds. The Labute approximate surface area is 119 Å². The normalized spacial score (nSPS) is 12.7. The molecule has 18 heavy (non-hydrogen) atoms. The molecule has 0 bridgehead atoms. The van der Waals surface area contributed by atoms with Crippen LogP contribution >= 0.6 is 23.2 Å². The highest BCUT2D eigenvalue weighted by molar-refractivity contribution is 7.89. The molecule has 0 unspecified atom stereocenters. The second-order valence-electron chi connectivity index (χ2n) is 4.27. The molecule has 0 spiro atoms. The number of hydrogen-bond donors (Lipinski definition) is 1. The number of benzene rings is 1. The maximum atomic E-state index is 12.3. The largest absolute Gasteiger partial charge is 0.241 e. The van der Waals surface area contributed by atoms with Gasteiger partial charge in [0.05, 0.1) is 10.4 Å². The van der Waals surface area contributed by atoms with Gasteiger partial charge in [0.2, 0.25) is 10.0 Å². The van der Waals surface area contributed by atoms with Gasteiger partial charge in [0.1, 0.15) is 0 Å². The van der Waals surface area contributed by atoms with E-state index in [2.05, 4.69) is 4.72 Å². The number of alkyl halides is 2. The highest BCUT2D eigenvalue weighted by atomic mass is 35.5. The van der Waals surface area contributed by atoms with Crippen molar-refractivity contribution in [3.63, 3.8) is 0 Å². The zero-order chi connectivity index (χ0) is 13.8. The lowest BCUT2D eigenvalue weighted by molar-refractivity contribution is 0.449. The predicted molar refractivity (Wildman–Crippen MR) is 76.0 cm³/mol. The highest BCUT2D eigenvalue weighted by Gasteiger charge is 2.32. The van der Waals surface area contributed by atoms with E-state index in [1.165, 1.54) is 0 Å². The first-order valence-electron chi connectivity index (χ1n) is 5.62. The molecule has 0 saturated heterocycles. The molecule has 0 aliphatic rings. The van der Waals surface area contributed by atoms with Gasteiger partial charge in [-0.05, 0) is 25.0 Å². The van der Waals surface area contributed by atoms with Crippen molar-refractivity contribution in [3.8, 4) is 0 Å². The number of nitrogens with one attached hydrogen (secondary N) is 1. The van der Waals surface area contributed by atoms with E-state index in [0.717, 1.165) is 0 Å². The summed E-state index contributed by atoms with van der Waals surface area (Å²) in [6, 6.07) is 6.81. The molecule has 0 heterocycles. The van der Waals surface area contributed by atoms with Crippen LogP contribution in [0.2, 0.25) is 0 Å². The van der Waals surface area contributed by atoms with Crippen molar-refractivity contribution in [1.82, 2.24) is 4.72 Å². The van der Waals surface area contributed by atoms with Gasteiger partial charge in [-0.1, -0.05) is 25.1 Å². The number of aryl methyl sites for hydroxylation is 1. The van der Waals surface area contributed by atoms with Crippen molar-refractivity contribution >= 4 is 33.2 Å². The van der Waals surface area contributed by atoms with Crippen molar-refractivity contribution in [2.45, 2.75) is 30.7 Å². The zero-order valence-electron chi connectivity index (χ0n) is 10.4. The molecule has 1 aromatic rings. The maximum absolute atomic E-state index is 12.3. The third-order valence-electron chi connectivity index (χ3n) is 2.92. The minimum absolute atomic E-state index is 0.137. The van der Waals surface area contributed by atoms with Gasteiger partial charge < -0.3 is 0 Å². The third kappa shape index (κ3) is 3.38. The van der Waals surface area contributed by atoms with Gasteiger partial charge >= 0.3 is 0 Å². The van der Waals surface area contributed by atoms with E-state index in [1.54, 1.807) is 31.2 Å². The summed E-state index contributed by atoms with van der Waals surface area (Å²) in [6.45, 7) is 3.61. The number of halogens is 2. The Morgan fingerprint density at radius 2 is 1.78 bits per heavy atom. The van der Waals surface area contributed by atoms with Gasteiger partial charge in [0.25, 0.3) is 0 Å². The van der Waals surface area contributed by atoms with Gasteiger partial charge in [0.15, 0.2) is 0 Å². The van der Waals surface area contributed by atoms with Crippen LogP contribution in [0.3, 0.4) is 0 Å². The minimum Gasteiger partial charge on any atom is -0.207 e. The van der Waals surface area contributed by atoms with E-state index >= 15 is 0 Å². The zero-order valence-corrected chi connectivity index (χ0v) is 12.7. The van der Waals surface area contributed by atoms with Gasteiger partial charge in [-0.15, -0.1) is 23.2 Å². The predicted octanol–water partition coefficient (Wildman–Crippen LogP) is 2.90. The van der Waals surface area contributed by atoms with Gasteiger partial charge in [0, 0.05) is 11.8 Å². The molecule has 0 aliphatic carbocycles. The first-order valence-corrected chi connectivity index (χ1v) is 8.17. The fourth-order valence-electron chi connectivity index (χ4n) is 1.55. The summed E-state index contributed by atoms with van der Waals surface area (Å²) < 4.78 is 27.3. The molecular weight excluding hydrogens is 293 g/mol. The van der Waals surface area contributed by atoms with Crippen LogP contribution in [0.15, 0.2) is 29.2 Å². The molecule has 0 saturated carbocycles. The lowest BCUT2D eigenvalue weighted by Crippen LogP contribution is -2.51. The summed E-state index contributed by atoms with van der Waals surface area (Å²) in [7, 11) is -3.60. The minimum atomic E-state index is -3.60. The van der Waals surface area contributed by atoms with Crippen molar-refractivity contribution in [2.24, 2.45) is 0 Å². The first-order chi connectivity index (χ1) is 8.40. The number of rotatable bonds is 6. The van der Waals surface area contributed by atoms with Gasteiger partial charge in [-0.3, -0.25) is 0 Å². The van der Waals surface area contributed by atoms with E-state index in [4.69, 9.17) is 23.2 Å². The van der Waals surface area contributed by atoms with Crippen molar-refractivity contribution in [2.75, 3.05) is 11.8 Å². The average Bonchev–Trinajstić information content (AvgIpc) is 2.36. The van der Waals surface area contributed by atoms with Crippen molar-refractivity contribution in [3.05, 3.63) is 29.8 Å². The molecule has 0 radical (unpaired) electrons. The quantitative estimate of drug-likeness (QED) is 0.821. The fourth-order valence-corrected chi connectivity index (χ4v) is 4.22. The maximum Gasteiger partial charge on any atom is 0.241 e. The van der Waals surface area contributed by atoms with E-state index < -0.39 is 15.6 Å². The Morgan fingerprint density at radius 1 is 1.22 bits per heavy atom. The Bertz CT molecular complexity index is 490. The monoisotopic (exact) mass is 309 g/mol. The smallest absolute Gasteiger partial charge is 0.207 e. The van der Waals surface area contributed by atoms with E-state index in [9.17, 15) is 8.42 Å². The standard InChI is InChI=1S/C12H17Cl2NO2S/c1-3-12(8-13,9-14)15-18(16,17)11-7-5-4-6-10(11)2/h4-7,15H,3,8-9H2,1-2H3. The summed E-state index contributed by atoms with van der Waals surface area (Å²) >= 11 is 11.7. The molecule has 0 aromatic heterocycles. The van der Waals surface area contributed by atoms with Crippen LogP contribution in [0.25, 0.3) is 0 Å². The highest BCUT2D eigenvalue weighted by Crippen LogP contribution is 2.21. The second kappa shape index (κ2) is 6.24. The van der Waals surface area contributed by atoms with Crippen LogP contribution in [0.1, 0.15) is 18.9 Å². The van der Waals surface area contributed by atoms with Crippen LogP contribution in [0.4, 0.5) is 0 Å². The van der Waals surface area contributed by atoms with Crippen LogP contribution in [-0.2, 0) is 10.0 Å². The SMILES string of the molecule is CCC(CCl)(CCl)NS(=O)(=O)c1ccccc1C. The summed E-state index contributed by atoms with van der Waals surface area (Å²) in [6.07, 6.45) is 0.533. The molecule has 3 nitrogen and oxygen atoms in total. The Hall–Kier alpha value is -0.290. The van der Waals surface area contributed by atoms with E-state index in [0.29, 0.717) is 12.0 Å². The molecule has 0 atom stereocenters. The molecule has 1 rings (SSSR count). The van der Waals surface area contributed by atoms with Crippen molar-refractivity contribution in [1.29, 1.82) is 0 Å². The molecule has 1 aromatic carbocycles. The summed E-state index contributed by atoms with van der Waals surface area (Å²) in [4.78, 5) is 0.262. The van der Waals surface area contributed by atoms with Crippen LogP contribution in [0.5, 0.6) is 0 Å². The fraction of sp³-hybridized carbons (Fsp3) is 0.500. The number of sulfonamides is 1. The lowest BCUT2D eigenvalue weighted by atomic mass is 10.0. The first kappa shape index (κ1) is 15.8. The van der Waals surface area contributed by atoms with Crippen molar-refractivity contribution < 1.29 is 8.42 Å². The second-order valence-corrected chi connectivity index (χ2v) is 6.46. The summed E-state index contributed by atoms with van der Waals surface area (Å²) in [5.41, 5.74) is -0.108. The summed E-state index contributed by atoms with van der Waals surface area (Å²) in [5.74, 6) is 0.274. The molecule has 1 N–H and O–H groups in total. The molecular formula is C12H17Cl2NO2S. The average molecular weight is 310 g/mol. The third-order valence-corrected chi connectivity index (χ3v) is 5.68. The van der Waals surface area contributed by atoms with E-state index in [1.807, 2.05) is 6.92 Å². The molecule has 0 aliphatic heterocycles. The number of hydrogen-bond acceptors (Lipinski definition) is 2. The van der Waals surface area contributed by atoms with Gasteiger partial charge in [-0.2, -0.15) is 0 Å². The molecule has 102 valence electrons. The summed E-state index contributed by atoms with van der Waals surface area (Å²) in [5, 5.41) is 0. The van der Waals surface area contributed by atoms with Crippen LogP contribution in [-0.4, -0.2) is 25.7 Å². The van der Waals surface area contributed by atoms with Crippen LogP contribution in [0, 0.1) is 6.92 Å². The van der Waals surface area contributed by atoms with E-state index in [-0.39, 0.29) is 16.7 Å². The molecule has 0 fully saturated rings. The van der Waals surface area contributed by atoms with Gasteiger partial charge in [-0.25, -0.2) is 13.1 Å². The topological polar surface area (TPSA) is 46.2 Å². The Morgan fingerprint density at radius 3 is 2.22 bits per heavy atom. The Balaban J connectivity index is 3.13. The molecule has 6 heteroatoms. The lowest BCUT2D eigenvalue weighted by Gasteiger charge is -2.29.